The maximum absolute atomic E-state index is 10.5. The van der Waals surface area contributed by atoms with E-state index in [0.717, 1.165) is 19.5 Å². The van der Waals surface area contributed by atoms with E-state index in [9.17, 15) is 10.1 Å². The van der Waals surface area contributed by atoms with Crippen molar-refractivity contribution < 1.29 is 4.92 Å². The van der Waals surface area contributed by atoms with Crippen LogP contribution >= 0.6 is 0 Å². The van der Waals surface area contributed by atoms with Crippen molar-refractivity contribution in [3.63, 3.8) is 0 Å². The standard InChI is InChI=1S/C13H21N5O2/c19-18(20)12-9-16-13(17-10-12)15-8-4-7-14-11-5-2-1-3-6-11/h9-11,14H,1-8H2,(H,15,16,17). The fraction of sp³-hybridized carbons (Fsp3) is 0.692. The molecule has 1 aromatic rings. The van der Waals surface area contributed by atoms with E-state index in [-0.39, 0.29) is 5.69 Å². The van der Waals surface area contributed by atoms with Gasteiger partial charge >= 0.3 is 5.69 Å². The largest absolute Gasteiger partial charge is 0.354 e. The van der Waals surface area contributed by atoms with Crippen LogP contribution in [0.3, 0.4) is 0 Å². The van der Waals surface area contributed by atoms with Crippen molar-refractivity contribution in [3.8, 4) is 0 Å². The zero-order valence-electron chi connectivity index (χ0n) is 11.5. The fourth-order valence-corrected chi connectivity index (χ4v) is 2.41. The van der Waals surface area contributed by atoms with Gasteiger partial charge in [0.2, 0.25) is 5.95 Å². The van der Waals surface area contributed by atoms with Crippen LogP contribution in [0.2, 0.25) is 0 Å². The lowest BCUT2D eigenvalue weighted by atomic mass is 9.95. The molecule has 1 aromatic heterocycles. The zero-order valence-corrected chi connectivity index (χ0v) is 11.5. The Kier molecular flexibility index (Phi) is 5.67. The van der Waals surface area contributed by atoms with Gasteiger partial charge in [-0.3, -0.25) is 10.1 Å². The fourth-order valence-electron chi connectivity index (χ4n) is 2.41. The van der Waals surface area contributed by atoms with Crippen molar-refractivity contribution in [3.05, 3.63) is 22.5 Å². The Balaban J connectivity index is 1.59. The van der Waals surface area contributed by atoms with Crippen LogP contribution in [0.25, 0.3) is 0 Å². The van der Waals surface area contributed by atoms with E-state index in [2.05, 4.69) is 20.6 Å². The Labute approximate surface area is 118 Å². The van der Waals surface area contributed by atoms with E-state index >= 15 is 0 Å². The summed E-state index contributed by atoms with van der Waals surface area (Å²) in [4.78, 5) is 17.8. The first kappa shape index (κ1) is 14.6. The minimum absolute atomic E-state index is 0.0884. The van der Waals surface area contributed by atoms with E-state index in [4.69, 9.17) is 0 Å². The summed E-state index contributed by atoms with van der Waals surface area (Å²) < 4.78 is 0. The minimum Gasteiger partial charge on any atom is -0.354 e. The van der Waals surface area contributed by atoms with Gasteiger partial charge < -0.3 is 10.6 Å². The number of hydrogen-bond acceptors (Lipinski definition) is 6. The quantitative estimate of drug-likeness (QED) is 0.451. The Morgan fingerprint density at radius 1 is 1.20 bits per heavy atom. The number of anilines is 1. The molecule has 0 aromatic carbocycles. The summed E-state index contributed by atoms with van der Waals surface area (Å²) in [5.41, 5.74) is -0.0884. The van der Waals surface area contributed by atoms with Crippen molar-refractivity contribution >= 4 is 11.6 Å². The molecule has 1 fully saturated rings. The number of aromatic nitrogens is 2. The summed E-state index contributed by atoms with van der Waals surface area (Å²) in [6, 6.07) is 0.680. The summed E-state index contributed by atoms with van der Waals surface area (Å²) in [5, 5.41) is 17.1. The molecule has 1 aliphatic carbocycles. The monoisotopic (exact) mass is 279 g/mol. The molecule has 0 atom stereocenters. The van der Waals surface area contributed by atoms with Crippen LogP contribution < -0.4 is 10.6 Å². The minimum atomic E-state index is -0.502. The Bertz CT molecular complexity index is 417. The highest BCUT2D eigenvalue weighted by Crippen LogP contribution is 2.17. The first-order chi connectivity index (χ1) is 9.75. The van der Waals surface area contributed by atoms with Crippen molar-refractivity contribution in [1.82, 2.24) is 15.3 Å². The third-order valence-corrected chi connectivity index (χ3v) is 3.52. The van der Waals surface area contributed by atoms with E-state index in [0.29, 0.717) is 12.0 Å². The summed E-state index contributed by atoms with van der Waals surface area (Å²) >= 11 is 0. The average Bonchev–Trinajstić information content (AvgIpc) is 2.48. The topological polar surface area (TPSA) is 93.0 Å². The second-order valence-electron chi connectivity index (χ2n) is 5.09. The maximum atomic E-state index is 10.5. The van der Waals surface area contributed by atoms with Crippen LogP contribution in [0, 0.1) is 10.1 Å². The molecule has 0 aliphatic heterocycles. The van der Waals surface area contributed by atoms with Gasteiger partial charge in [-0.1, -0.05) is 19.3 Å². The van der Waals surface area contributed by atoms with Gasteiger partial charge in [0, 0.05) is 12.6 Å². The molecule has 20 heavy (non-hydrogen) atoms. The molecule has 2 rings (SSSR count). The van der Waals surface area contributed by atoms with Crippen molar-refractivity contribution in [2.45, 2.75) is 44.6 Å². The molecule has 0 spiro atoms. The van der Waals surface area contributed by atoms with Gasteiger partial charge in [0.15, 0.2) is 0 Å². The summed E-state index contributed by atoms with van der Waals surface area (Å²) in [7, 11) is 0. The molecule has 1 aliphatic rings. The molecule has 0 unspecified atom stereocenters. The molecule has 110 valence electrons. The van der Waals surface area contributed by atoms with Gasteiger partial charge in [0.25, 0.3) is 0 Å². The molecule has 1 saturated carbocycles. The Morgan fingerprint density at radius 2 is 1.90 bits per heavy atom. The second kappa shape index (κ2) is 7.74. The SMILES string of the molecule is O=[N+]([O-])c1cnc(NCCCNC2CCCCC2)nc1. The second-order valence-corrected chi connectivity index (χ2v) is 5.09. The average molecular weight is 279 g/mol. The van der Waals surface area contributed by atoms with Crippen LogP contribution in [0.5, 0.6) is 0 Å². The van der Waals surface area contributed by atoms with E-state index in [1.165, 1.54) is 44.5 Å². The summed E-state index contributed by atoms with van der Waals surface area (Å²) in [6.45, 7) is 1.74. The number of nitro groups is 1. The highest BCUT2D eigenvalue weighted by atomic mass is 16.6. The molecule has 2 N–H and O–H groups in total. The third kappa shape index (κ3) is 4.73. The third-order valence-electron chi connectivity index (χ3n) is 3.52. The summed E-state index contributed by atoms with van der Waals surface area (Å²) in [5.74, 6) is 0.438. The summed E-state index contributed by atoms with van der Waals surface area (Å²) in [6.07, 6.45) is 10.1. The number of nitrogens with one attached hydrogen (secondary N) is 2. The van der Waals surface area contributed by atoms with Crippen molar-refractivity contribution in [2.24, 2.45) is 0 Å². The molecule has 0 saturated heterocycles. The highest BCUT2D eigenvalue weighted by molar-refractivity contribution is 5.30. The number of rotatable bonds is 7. The molecule has 1 heterocycles. The van der Waals surface area contributed by atoms with Crippen LogP contribution in [0.4, 0.5) is 11.6 Å². The van der Waals surface area contributed by atoms with E-state index < -0.39 is 4.92 Å². The first-order valence-corrected chi connectivity index (χ1v) is 7.19. The van der Waals surface area contributed by atoms with Gasteiger partial charge in [0.05, 0.1) is 4.92 Å². The Morgan fingerprint density at radius 3 is 2.55 bits per heavy atom. The molecule has 0 bridgehead atoms. The van der Waals surface area contributed by atoms with E-state index in [1.54, 1.807) is 0 Å². The van der Waals surface area contributed by atoms with Crippen LogP contribution in [-0.2, 0) is 0 Å². The molecule has 0 radical (unpaired) electrons. The van der Waals surface area contributed by atoms with Gasteiger partial charge in [-0.2, -0.15) is 0 Å². The van der Waals surface area contributed by atoms with Crippen LogP contribution in [0.15, 0.2) is 12.4 Å². The molecular weight excluding hydrogens is 258 g/mol. The predicted molar refractivity (Wildman–Crippen MR) is 76.7 cm³/mol. The van der Waals surface area contributed by atoms with Crippen LogP contribution in [-0.4, -0.2) is 34.0 Å². The van der Waals surface area contributed by atoms with Crippen molar-refractivity contribution in [2.75, 3.05) is 18.4 Å². The molecule has 7 heteroatoms. The number of nitrogens with zero attached hydrogens (tertiary/aromatic N) is 3. The molecule has 7 nitrogen and oxygen atoms in total. The Hall–Kier alpha value is -1.76. The first-order valence-electron chi connectivity index (χ1n) is 7.19. The zero-order chi connectivity index (χ0) is 14.2. The molecular formula is C13H21N5O2. The van der Waals surface area contributed by atoms with E-state index in [1.807, 2.05) is 0 Å². The lowest BCUT2D eigenvalue weighted by Crippen LogP contribution is -2.32. The van der Waals surface area contributed by atoms with Crippen LogP contribution in [0.1, 0.15) is 38.5 Å². The van der Waals surface area contributed by atoms with Gasteiger partial charge in [-0.15, -0.1) is 0 Å². The normalized spacial score (nSPS) is 16.0. The van der Waals surface area contributed by atoms with Gasteiger partial charge in [0.1, 0.15) is 12.4 Å². The highest BCUT2D eigenvalue weighted by Gasteiger charge is 2.11. The van der Waals surface area contributed by atoms with Crippen molar-refractivity contribution in [1.29, 1.82) is 0 Å². The molecule has 0 amide bonds. The van der Waals surface area contributed by atoms with Gasteiger partial charge in [-0.25, -0.2) is 9.97 Å². The predicted octanol–water partition coefficient (Wildman–Crippen LogP) is 2.11. The number of hydrogen-bond donors (Lipinski definition) is 2. The van der Waals surface area contributed by atoms with Gasteiger partial charge in [-0.05, 0) is 25.8 Å². The lowest BCUT2D eigenvalue weighted by molar-refractivity contribution is -0.385. The maximum Gasteiger partial charge on any atom is 0.305 e. The lowest BCUT2D eigenvalue weighted by Gasteiger charge is -2.22. The smallest absolute Gasteiger partial charge is 0.305 e.